The van der Waals surface area contributed by atoms with Gasteiger partial charge < -0.3 is 14.2 Å². The number of carbonyl (C=O) groups is 1. The van der Waals surface area contributed by atoms with Crippen LogP contribution in [0.4, 0.5) is 0 Å². The Labute approximate surface area is 154 Å². The van der Waals surface area contributed by atoms with Gasteiger partial charge in [0.15, 0.2) is 5.79 Å². The first kappa shape index (κ1) is 18.7. The average molecular weight is 367 g/mol. The van der Waals surface area contributed by atoms with Crippen molar-refractivity contribution in [2.45, 2.75) is 63.1 Å². The minimum atomic E-state index is -0.757. The van der Waals surface area contributed by atoms with Gasteiger partial charge in [0.05, 0.1) is 26.2 Å². The number of ether oxygens (including phenoxy) is 3. The molecule has 138 valence electrons. The third-order valence-electron chi connectivity index (χ3n) is 5.43. The summed E-state index contributed by atoms with van der Waals surface area (Å²) in [7, 11) is 1.41. The van der Waals surface area contributed by atoms with E-state index in [1.165, 1.54) is 44.8 Å². The molecule has 0 aromatic heterocycles. The smallest absolute Gasteiger partial charge is 0.313 e. The standard InChI is InChI=1S/C20H27ClO4/c1-20(24-10-11-25-20)13-17(19(22)23-2)15-8-9-16(18(21)12-15)14-6-4-3-5-7-14/h8-9,12,14,17H,3-7,10-11,13H2,1-2H3. The first-order valence-corrected chi connectivity index (χ1v) is 9.55. The van der Waals surface area contributed by atoms with Crippen molar-refractivity contribution in [1.82, 2.24) is 0 Å². The Hall–Kier alpha value is -1.10. The average Bonchev–Trinajstić information content (AvgIpc) is 3.06. The predicted molar refractivity (Wildman–Crippen MR) is 97.0 cm³/mol. The molecule has 0 N–H and O–H groups in total. The zero-order chi connectivity index (χ0) is 17.9. The molecule has 0 radical (unpaired) electrons. The molecule has 0 amide bonds. The van der Waals surface area contributed by atoms with E-state index in [4.69, 9.17) is 25.8 Å². The van der Waals surface area contributed by atoms with E-state index in [0.29, 0.717) is 25.6 Å². The number of carbonyl (C=O) groups excluding carboxylic acids is 1. The second kappa shape index (κ2) is 8.07. The quantitative estimate of drug-likeness (QED) is 0.702. The molecule has 2 fully saturated rings. The van der Waals surface area contributed by atoms with Gasteiger partial charge in [0.25, 0.3) is 0 Å². The van der Waals surface area contributed by atoms with Crippen molar-refractivity contribution in [3.8, 4) is 0 Å². The highest BCUT2D eigenvalue weighted by Gasteiger charge is 2.38. The number of hydrogen-bond acceptors (Lipinski definition) is 4. The fraction of sp³-hybridized carbons (Fsp3) is 0.650. The third-order valence-corrected chi connectivity index (χ3v) is 5.76. The van der Waals surface area contributed by atoms with Crippen LogP contribution in [0.15, 0.2) is 18.2 Å². The molecule has 0 bridgehead atoms. The molecule has 2 aliphatic rings. The monoisotopic (exact) mass is 366 g/mol. The molecular formula is C20H27ClO4. The van der Waals surface area contributed by atoms with Crippen LogP contribution >= 0.6 is 11.6 Å². The summed E-state index contributed by atoms with van der Waals surface area (Å²) in [6.07, 6.45) is 6.65. The van der Waals surface area contributed by atoms with Gasteiger partial charge in [0.1, 0.15) is 0 Å². The first-order chi connectivity index (χ1) is 12.0. The van der Waals surface area contributed by atoms with Gasteiger partial charge in [-0.15, -0.1) is 0 Å². The Morgan fingerprint density at radius 1 is 1.28 bits per heavy atom. The number of benzene rings is 1. The number of hydrogen-bond donors (Lipinski definition) is 0. The minimum absolute atomic E-state index is 0.290. The first-order valence-electron chi connectivity index (χ1n) is 9.17. The van der Waals surface area contributed by atoms with Crippen molar-refractivity contribution in [2.75, 3.05) is 20.3 Å². The van der Waals surface area contributed by atoms with Crippen molar-refractivity contribution in [3.05, 3.63) is 34.3 Å². The molecule has 1 unspecified atom stereocenters. The topological polar surface area (TPSA) is 44.8 Å². The summed E-state index contributed by atoms with van der Waals surface area (Å²) in [5, 5.41) is 0.747. The molecule has 3 rings (SSSR count). The second-order valence-corrected chi connectivity index (χ2v) is 7.63. The van der Waals surface area contributed by atoms with Crippen molar-refractivity contribution in [1.29, 1.82) is 0 Å². The lowest BCUT2D eigenvalue weighted by Crippen LogP contribution is -2.31. The zero-order valence-electron chi connectivity index (χ0n) is 15.1. The number of esters is 1. The van der Waals surface area contributed by atoms with Gasteiger partial charge in [0, 0.05) is 11.4 Å². The molecular weight excluding hydrogens is 340 g/mol. The van der Waals surface area contributed by atoms with E-state index in [-0.39, 0.29) is 5.97 Å². The lowest BCUT2D eigenvalue weighted by molar-refractivity contribution is -0.163. The highest BCUT2D eigenvalue weighted by Crippen LogP contribution is 2.39. The zero-order valence-corrected chi connectivity index (χ0v) is 15.8. The van der Waals surface area contributed by atoms with Crippen LogP contribution in [-0.2, 0) is 19.0 Å². The number of rotatable bonds is 5. The van der Waals surface area contributed by atoms with E-state index in [1.807, 2.05) is 19.1 Å². The van der Waals surface area contributed by atoms with Gasteiger partial charge in [0.2, 0.25) is 0 Å². The van der Waals surface area contributed by atoms with Crippen LogP contribution in [0.1, 0.15) is 68.4 Å². The van der Waals surface area contributed by atoms with Gasteiger partial charge in [-0.1, -0.05) is 43.0 Å². The van der Waals surface area contributed by atoms with E-state index < -0.39 is 11.7 Å². The Balaban J connectivity index is 1.82. The van der Waals surface area contributed by atoms with Gasteiger partial charge in [-0.2, -0.15) is 0 Å². The summed E-state index contributed by atoms with van der Waals surface area (Å²) in [6, 6.07) is 6.02. The number of methoxy groups -OCH3 is 1. The lowest BCUT2D eigenvalue weighted by atomic mass is 9.83. The van der Waals surface area contributed by atoms with E-state index in [9.17, 15) is 4.79 Å². The third kappa shape index (κ3) is 4.36. The minimum Gasteiger partial charge on any atom is -0.469 e. The van der Waals surface area contributed by atoms with E-state index in [2.05, 4.69) is 6.07 Å². The summed E-state index contributed by atoms with van der Waals surface area (Å²) in [4.78, 5) is 12.4. The molecule has 1 aliphatic heterocycles. The molecule has 25 heavy (non-hydrogen) atoms. The summed E-state index contributed by atoms with van der Waals surface area (Å²) in [6.45, 7) is 2.96. The largest absolute Gasteiger partial charge is 0.469 e. The van der Waals surface area contributed by atoms with Crippen LogP contribution in [0.2, 0.25) is 5.02 Å². The van der Waals surface area contributed by atoms with E-state index >= 15 is 0 Å². The highest BCUT2D eigenvalue weighted by molar-refractivity contribution is 6.31. The Bertz CT molecular complexity index is 604. The Morgan fingerprint density at radius 2 is 1.96 bits per heavy atom. The van der Waals surface area contributed by atoms with E-state index in [1.54, 1.807) is 0 Å². The van der Waals surface area contributed by atoms with Crippen LogP contribution in [0.5, 0.6) is 0 Å². The van der Waals surface area contributed by atoms with Gasteiger partial charge in [-0.05, 0) is 42.9 Å². The maximum atomic E-state index is 12.4. The predicted octanol–water partition coefficient (Wildman–Crippen LogP) is 4.80. The van der Waals surface area contributed by atoms with Gasteiger partial charge in [-0.25, -0.2) is 0 Å². The van der Waals surface area contributed by atoms with Crippen molar-refractivity contribution < 1.29 is 19.0 Å². The SMILES string of the molecule is COC(=O)C(CC1(C)OCCO1)c1ccc(C2CCCCC2)c(Cl)c1. The summed E-state index contributed by atoms with van der Waals surface area (Å²) in [5.74, 6) is -0.966. The molecule has 5 heteroatoms. The molecule has 4 nitrogen and oxygen atoms in total. The van der Waals surface area contributed by atoms with Crippen molar-refractivity contribution in [2.24, 2.45) is 0 Å². The van der Waals surface area contributed by atoms with Crippen LogP contribution in [0, 0.1) is 0 Å². The fourth-order valence-corrected chi connectivity index (χ4v) is 4.37. The van der Waals surface area contributed by atoms with Crippen molar-refractivity contribution >= 4 is 17.6 Å². The molecule has 1 aromatic carbocycles. The van der Waals surface area contributed by atoms with Crippen LogP contribution < -0.4 is 0 Å². The summed E-state index contributed by atoms with van der Waals surface area (Å²) >= 11 is 6.59. The molecule has 1 saturated heterocycles. The molecule has 1 heterocycles. The van der Waals surface area contributed by atoms with Crippen LogP contribution in [-0.4, -0.2) is 32.1 Å². The fourth-order valence-electron chi connectivity index (χ4n) is 4.03. The summed E-state index contributed by atoms with van der Waals surface area (Å²) in [5.41, 5.74) is 2.06. The normalized spacial score (nSPS) is 21.9. The Kier molecular flexibility index (Phi) is 6.03. The van der Waals surface area contributed by atoms with E-state index in [0.717, 1.165) is 10.6 Å². The Morgan fingerprint density at radius 3 is 2.56 bits per heavy atom. The van der Waals surface area contributed by atoms with Crippen LogP contribution in [0.25, 0.3) is 0 Å². The maximum Gasteiger partial charge on any atom is 0.313 e. The maximum absolute atomic E-state index is 12.4. The molecule has 1 saturated carbocycles. The molecule has 1 atom stereocenters. The van der Waals surface area contributed by atoms with Crippen molar-refractivity contribution in [3.63, 3.8) is 0 Å². The van der Waals surface area contributed by atoms with Gasteiger partial charge >= 0.3 is 5.97 Å². The summed E-state index contributed by atoms with van der Waals surface area (Å²) < 4.78 is 16.4. The van der Waals surface area contributed by atoms with Gasteiger partial charge in [-0.3, -0.25) is 4.79 Å². The number of halogens is 1. The highest BCUT2D eigenvalue weighted by atomic mass is 35.5. The molecule has 1 aliphatic carbocycles. The molecule has 0 spiro atoms. The molecule has 1 aromatic rings. The van der Waals surface area contributed by atoms with Crippen LogP contribution in [0.3, 0.4) is 0 Å². The second-order valence-electron chi connectivity index (χ2n) is 7.23. The lowest BCUT2D eigenvalue weighted by Gasteiger charge is -2.28.